The minimum atomic E-state index is -0.289. The summed E-state index contributed by atoms with van der Waals surface area (Å²) in [4.78, 5) is 18.1. The molecule has 5 nitrogen and oxygen atoms in total. The Kier molecular flexibility index (Phi) is 4.33. The van der Waals surface area contributed by atoms with E-state index >= 15 is 0 Å². The van der Waals surface area contributed by atoms with Crippen LogP contribution in [0.5, 0.6) is 11.6 Å². The third-order valence-corrected chi connectivity index (χ3v) is 4.70. The lowest BCUT2D eigenvalue weighted by Crippen LogP contribution is -2.14. The molecule has 4 rings (SSSR count). The number of carbonyl (C=O) groups is 1. The number of benzene rings is 1. The zero-order valence-electron chi connectivity index (χ0n) is 14.0. The molecular formula is C20H15N3O2S. The van der Waals surface area contributed by atoms with Gasteiger partial charge in [-0.25, -0.2) is 9.67 Å². The number of rotatable bonds is 4. The number of hydrogen-bond donors (Lipinski definition) is 0. The molecule has 6 heteroatoms. The molecule has 26 heavy (non-hydrogen) atoms. The van der Waals surface area contributed by atoms with Gasteiger partial charge in [0.05, 0.1) is 4.88 Å². The first-order valence-electron chi connectivity index (χ1n) is 8.04. The van der Waals surface area contributed by atoms with E-state index in [9.17, 15) is 4.79 Å². The number of aryl methyl sites for hydroxylation is 1. The lowest BCUT2D eigenvalue weighted by atomic mass is 10.2. The standard InChI is InChI=1S/C20H15N3O2S/c1-14-6-8-15(9-7-14)25-19-16(4-2-11-21-19)20(24)23-12-10-17(22-23)18-5-3-13-26-18/h2-13H,1H3. The van der Waals surface area contributed by atoms with E-state index in [-0.39, 0.29) is 11.8 Å². The molecular weight excluding hydrogens is 346 g/mol. The second kappa shape index (κ2) is 6.93. The molecule has 0 aliphatic carbocycles. The lowest BCUT2D eigenvalue weighted by Gasteiger charge is -2.09. The predicted octanol–water partition coefficient (Wildman–Crippen LogP) is 4.80. The zero-order chi connectivity index (χ0) is 17.9. The number of pyridine rings is 1. The van der Waals surface area contributed by atoms with Crippen LogP contribution < -0.4 is 4.74 Å². The Morgan fingerprint density at radius 3 is 2.69 bits per heavy atom. The van der Waals surface area contributed by atoms with Crippen molar-refractivity contribution >= 4 is 17.2 Å². The molecule has 3 aromatic heterocycles. The van der Waals surface area contributed by atoms with E-state index in [1.807, 2.05) is 54.8 Å². The maximum absolute atomic E-state index is 12.9. The van der Waals surface area contributed by atoms with Gasteiger partial charge < -0.3 is 4.74 Å². The highest BCUT2D eigenvalue weighted by Gasteiger charge is 2.18. The van der Waals surface area contributed by atoms with Gasteiger partial charge in [-0.05, 0) is 48.7 Å². The molecule has 128 valence electrons. The molecule has 0 aliphatic heterocycles. The van der Waals surface area contributed by atoms with Crippen LogP contribution in [0.4, 0.5) is 0 Å². The Bertz CT molecular complexity index is 1040. The van der Waals surface area contributed by atoms with Crippen LogP contribution in [0.3, 0.4) is 0 Å². The summed E-state index contributed by atoms with van der Waals surface area (Å²) in [7, 11) is 0. The van der Waals surface area contributed by atoms with Crippen LogP contribution in [-0.4, -0.2) is 20.7 Å². The average molecular weight is 361 g/mol. The SMILES string of the molecule is Cc1ccc(Oc2ncccc2C(=O)n2ccc(-c3cccs3)n2)cc1. The maximum atomic E-state index is 12.9. The van der Waals surface area contributed by atoms with E-state index in [0.717, 1.165) is 16.1 Å². The van der Waals surface area contributed by atoms with Crippen molar-refractivity contribution in [3.63, 3.8) is 0 Å². The molecule has 0 bridgehead atoms. The molecule has 3 heterocycles. The minimum absolute atomic E-state index is 0.259. The van der Waals surface area contributed by atoms with Gasteiger partial charge in [0.1, 0.15) is 17.0 Å². The Balaban J connectivity index is 1.63. The Morgan fingerprint density at radius 2 is 1.92 bits per heavy atom. The summed E-state index contributed by atoms with van der Waals surface area (Å²) in [5.41, 5.74) is 2.25. The van der Waals surface area contributed by atoms with Crippen LogP contribution in [-0.2, 0) is 0 Å². The first-order chi connectivity index (χ1) is 12.7. The number of nitrogens with zero attached hydrogens (tertiary/aromatic N) is 3. The minimum Gasteiger partial charge on any atom is -0.438 e. The van der Waals surface area contributed by atoms with Crippen molar-refractivity contribution in [3.8, 4) is 22.2 Å². The molecule has 4 aromatic rings. The van der Waals surface area contributed by atoms with Crippen molar-refractivity contribution in [1.29, 1.82) is 0 Å². The second-order valence-electron chi connectivity index (χ2n) is 5.70. The van der Waals surface area contributed by atoms with Crippen molar-refractivity contribution in [2.45, 2.75) is 6.92 Å². The van der Waals surface area contributed by atoms with Crippen LogP contribution in [0.2, 0.25) is 0 Å². The number of ether oxygens (including phenoxy) is 1. The van der Waals surface area contributed by atoms with Gasteiger partial charge in [0.25, 0.3) is 5.91 Å². The topological polar surface area (TPSA) is 57.0 Å². The summed E-state index contributed by atoms with van der Waals surface area (Å²) in [6.45, 7) is 2.00. The van der Waals surface area contributed by atoms with Crippen LogP contribution in [0.25, 0.3) is 10.6 Å². The molecule has 0 saturated heterocycles. The van der Waals surface area contributed by atoms with Crippen molar-refractivity contribution in [3.05, 3.63) is 83.5 Å². The first kappa shape index (κ1) is 16.2. The largest absolute Gasteiger partial charge is 0.438 e. The summed E-state index contributed by atoms with van der Waals surface area (Å²) < 4.78 is 7.13. The summed E-state index contributed by atoms with van der Waals surface area (Å²) in [5, 5.41) is 6.36. The lowest BCUT2D eigenvalue weighted by molar-refractivity contribution is 0.0942. The van der Waals surface area contributed by atoms with Gasteiger partial charge in [0.2, 0.25) is 5.88 Å². The fourth-order valence-electron chi connectivity index (χ4n) is 2.47. The van der Waals surface area contributed by atoms with Crippen LogP contribution in [0, 0.1) is 6.92 Å². The molecule has 0 radical (unpaired) electrons. The van der Waals surface area contributed by atoms with Crippen LogP contribution in [0.15, 0.2) is 72.4 Å². The summed E-state index contributed by atoms with van der Waals surface area (Å²) in [6.07, 6.45) is 3.25. The van der Waals surface area contributed by atoms with E-state index in [2.05, 4.69) is 10.1 Å². The van der Waals surface area contributed by atoms with E-state index in [1.54, 1.807) is 35.9 Å². The highest BCUT2D eigenvalue weighted by molar-refractivity contribution is 7.13. The quantitative estimate of drug-likeness (QED) is 0.524. The average Bonchev–Trinajstić information content (AvgIpc) is 3.35. The summed E-state index contributed by atoms with van der Waals surface area (Å²) >= 11 is 1.58. The van der Waals surface area contributed by atoms with Crippen molar-refractivity contribution in [2.24, 2.45) is 0 Å². The third-order valence-electron chi connectivity index (χ3n) is 3.81. The van der Waals surface area contributed by atoms with Crippen LogP contribution >= 0.6 is 11.3 Å². The van der Waals surface area contributed by atoms with Gasteiger partial charge in [-0.15, -0.1) is 11.3 Å². The van der Waals surface area contributed by atoms with Gasteiger partial charge in [-0.2, -0.15) is 5.10 Å². The van der Waals surface area contributed by atoms with Gasteiger partial charge in [-0.3, -0.25) is 4.79 Å². The van der Waals surface area contributed by atoms with E-state index < -0.39 is 0 Å². The van der Waals surface area contributed by atoms with Gasteiger partial charge in [0.15, 0.2) is 0 Å². The highest BCUT2D eigenvalue weighted by atomic mass is 32.1. The molecule has 0 fully saturated rings. The monoisotopic (exact) mass is 361 g/mol. The van der Waals surface area contributed by atoms with E-state index in [0.29, 0.717) is 11.3 Å². The molecule has 0 aliphatic rings. The van der Waals surface area contributed by atoms with Crippen molar-refractivity contribution in [1.82, 2.24) is 14.8 Å². The van der Waals surface area contributed by atoms with Gasteiger partial charge in [0, 0.05) is 12.4 Å². The Labute approximate surface area is 154 Å². The number of aromatic nitrogens is 3. The summed E-state index contributed by atoms with van der Waals surface area (Å²) in [5.74, 6) is 0.598. The molecule has 0 amide bonds. The maximum Gasteiger partial charge on any atom is 0.283 e. The normalized spacial score (nSPS) is 10.7. The van der Waals surface area contributed by atoms with Crippen LogP contribution in [0.1, 0.15) is 15.9 Å². The van der Waals surface area contributed by atoms with E-state index in [1.165, 1.54) is 4.68 Å². The molecule has 1 aromatic carbocycles. The molecule has 0 unspecified atom stereocenters. The fraction of sp³-hybridized carbons (Fsp3) is 0.0500. The molecule has 0 spiro atoms. The number of thiophene rings is 1. The highest BCUT2D eigenvalue weighted by Crippen LogP contribution is 2.25. The number of carbonyl (C=O) groups excluding carboxylic acids is 1. The molecule has 0 atom stereocenters. The predicted molar refractivity (Wildman–Crippen MR) is 101 cm³/mol. The fourth-order valence-corrected chi connectivity index (χ4v) is 3.16. The van der Waals surface area contributed by atoms with Crippen molar-refractivity contribution in [2.75, 3.05) is 0 Å². The van der Waals surface area contributed by atoms with Gasteiger partial charge >= 0.3 is 0 Å². The molecule has 0 saturated carbocycles. The third kappa shape index (κ3) is 3.27. The Hall–Kier alpha value is -3.25. The van der Waals surface area contributed by atoms with Gasteiger partial charge in [-0.1, -0.05) is 23.8 Å². The van der Waals surface area contributed by atoms with E-state index in [4.69, 9.17) is 4.74 Å². The zero-order valence-corrected chi connectivity index (χ0v) is 14.8. The summed E-state index contributed by atoms with van der Waals surface area (Å²) in [6, 6.07) is 16.7. The smallest absolute Gasteiger partial charge is 0.283 e. The number of hydrogen-bond acceptors (Lipinski definition) is 5. The second-order valence-corrected chi connectivity index (χ2v) is 6.65. The first-order valence-corrected chi connectivity index (χ1v) is 8.92. The van der Waals surface area contributed by atoms with Crippen molar-refractivity contribution < 1.29 is 9.53 Å². The Morgan fingerprint density at radius 1 is 1.08 bits per heavy atom. The molecule has 0 N–H and O–H groups in total.